The van der Waals surface area contributed by atoms with E-state index in [9.17, 15) is 5.11 Å². The smallest absolute Gasteiger partial charge is 0.0585 e. The molecule has 4 atom stereocenters. The molecule has 1 aliphatic carbocycles. The third-order valence-corrected chi connectivity index (χ3v) is 4.70. The summed E-state index contributed by atoms with van der Waals surface area (Å²) in [7, 11) is 2.17. The maximum Gasteiger partial charge on any atom is 0.0585 e. The van der Waals surface area contributed by atoms with Crippen LogP contribution in [-0.4, -0.2) is 29.7 Å². The molecule has 1 saturated carbocycles. The van der Waals surface area contributed by atoms with E-state index in [1.165, 1.54) is 17.5 Å². The number of hydrogen-bond acceptors (Lipinski definition) is 2. The molecule has 0 heterocycles. The number of nitrogens with zero attached hydrogens (tertiary/aromatic N) is 1. The highest BCUT2D eigenvalue weighted by atomic mass is 16.3. The van der Waals surface area contributed by atoms with E-state index in [0.29, 0.717) is 17.8 Å². The van der Waals surface area contributed by atoms with E-state index in [4.69, 9.17) is 0 Å². The van der Waals surface area contributed by atoms with Crippen LogP contribution in [0.5, 0.6) is 0 Å². The standard InChI is InChI=1S/C18H29NO/c1-13-6-5-7-16(9-13)11-19(4)12-17-15(3)8-14(2)10-18(17)20/h5-7,9,14-15,17-18,20H,8,10-12H2,1-4H3. The minimum Gasteiger partial charge on any atom is -0.393 e. The Morgan fingerprint density at radius 1 is 1.25 bits per heavy atom. The second-order valence-corrected chi connectivity index (χ2v) is 6.97. The van der Waals surface area contributed by atoms with Crippen LogP contribution in [0.1, 0.15) is 37.8 Å². The number of aryl methyl sites for hydroxylation is 1. The van der Waals surface area contributed by atoms with Gasteiger partial charge in [-0.05, 0) is 44.2 Å². The van der Waals surface area contributed by atoms with Crippen LogP contribution in [0.15, 0.2) is 24.3 Å². The minimum atomic E-state index is -0.131. The van der Waals surface area contributed by atoms with E-state index in [0.717, 1.165) is 19.5 Å². The molecule has 1 aromatic carbocycles. The average molecular weight is 275 g/mol. The first-order valence-electron chi connectivity index (χ1n) is 7.88. The summed E-state index contributed by atoms with van der Waals surface area (Å²) in [6.07, 6.45) is 2.08. The second kappa shape index (κ2) is 6.73. The van der Waals surface area contributed by atoms with Crippen molar-refractivity contribution in [3.63, 3.8) is 0 Å². The number of rotatable bonds is 4. The third-order valence-electron chi connectivity index (χ3n) is 4.70. The normalized spacial score (nSPS) is 30.7. The van der Waals surface area contributed by atoms with Crippen molar-refractivity contribution < 1.29 is 5.11 Å². The van der Waals surface area contributed by atoms with Gasteiger partial charge in [0.05, 0.1) is 6.10 Å². The summed E-state index contributed by atoms with van der Waals surface area (Å²) in [6, 6.07) is 8.70. The van der Waals surface area contributed by atoms with Crippen LogP contribution in [0.3, 0.4) is 0 Å². The molecule has 0 radical (unpaired) electrons. The summed E-state index contributed by atoms with van der Waals surface area (Å²) in [5.74, 6) is 1.70. The van der Waals surface area contributed by atoms with Gasteiger partial charge in [0.25, 0.3) is 0 Å². The van der Waals surface area contributed by atoms with Gasteiger partial charge >= 0.3 is 0 Å². The largest absolute Gasteiger partial charge is 0.393 e. The number of aliphatic hydroxyl groups excluding tert-OH is 1. The monoisotopic (exact) mass is 275 g/mol. The van der Waals surface area contributed by atoms with Gasteiger partial charge in [-0.2, -0.15) is 0 Å². The van der Waals surface area contributed by atoms with Crippen LogP contribution in [0.4, 0.5) is 0 Å². The molecule has 1 N–H and O–H groups in total. The predicted octanol–water partition coefficient (Wildman–Crippen LogP) is 3.47. The molecule has 0 bridgehead atoms. The highest BCUT2D eigenvalue weighted by molar-refractivity contribution is 5.22. The van der Waals surface area contributed by atoms with Crippen molar-refractivity contribution in [3.05, 3.63) is 35.4 Å². The average Bonchev–Trinajstić information content (AvgIpc) is 2.33. The Hall–Kier alpha value is -0.860. The van der Waals surface area contributed by atoms with Crippen molar-refractivity contribution >= 4 is 0 Å². The van der Waals surface area contributed by atoms with Gasteiger partial charge in [0.2, 0.25) is 0 Å². The minimum absolute atomic E-state index is 0.131. The van der Waals surface area contributed by atoms with Crippen molar-refractivity contribution in [2.24, 2.45) is 17.8 Å². The number of benzene rings is 1. The lowest BCUT2D eigenvalue weighted by Crippen LogP contribution is -2.41. The molecule has 112 valence electrons. The van der Waals surface area contributed by atoms with E-state index in [1.807, 2.05) is 0 Å². The fourth-order valence-electron chi connectivity index (χ4n) is 3.72. The fraction of sp³-hybridized carbons (Fsp3) is 0.667. The molecule has 0 aromatic heterocycles. The molecule has 0 spiro atoms. The predicted molar refractivity (Wildman–Crippen MR) is 84.6 cm³/mol. The Bertz CT molecular complexity index is 419. The Balaban J connectivity index is 1.92. The Labute approximate surface area is 123 Å². The van der Waals surface area contributed by atoms with Gasteiger partial charge in [0, 0.05) is 19.0 Å². The van der Waals surface area contributed by atoms with E-state index >= 15 is 0 Å². The summed E-state index contributed by atoms with van der Waals surface area (Å²) in [5, 5.41) is 10.3. The molecule has 0 saturated heterocycles. The molecule has 2 nitrogen and oxygen atoms in total. The fourth-order valence-corrected chi connectivity index (χ4v) is 3.72. The van der Waals surface area contributed by atoms with Crippen molar-refractivity contribution in [3.8, 4) is 0 Å². The van der Waals surface area contributed by atoms with Crippen LogP contribution >= 0.6 is 0 Å². The molecule has 2 rings (SSSR count). The topological polar surface area (TPSA) is 23.5 Å². The molecule has 1 fully saturated rings. The van der Waals surface area contributed by atoms with Gasteiger partial charge in [-0.25, -0.2) is 0 Å². The second-order valence-electron chi connectivity index (χ2n) is 6.97. The van der Waals surface area contributed by atoms with Crippen molar-refractivity contribution in [1.29, 1.82) is 0 Å². The molecule has 2 heteroatoms. The Morgan fingerprint density at radius 3 is 2.65 bits per heavy atom. The lowest BCUT2D eigenvalue weighted by atomic mass is 9.73. The van der Waals surface area contributed by atoms with Crippen LogP contribution in [0.2, 0.25) is 0 Å². The summed E-state index contributed by atoms with van der Waals surface area (Å²) in [4.78, 5) is 2.36. The van der Waals surface area contributed by atoms with Gasteiger partial charge in [0.15, 0.2) is 0 Å². The van der Waals surface area contributed by atoms with Crippen molar-refractivity contribution in [2.75, 3.05) is 13.6 Å². The van der Waals surface area contributed by atoms with Crippen LogP contribution in [-0.2, 0) is 6.54 Å². The van der Waals surface area contributed by atoms with Gasteiger partial charge in [-0.3, -0.25) is 0 Å². The number of aliphatic hydroxyl groups is 1. The highest BCUT2D eigenvalue weighted by Crippen LogP contribution is 2.34. The maximum absolute atomic E-state index is 10.3. The summed E-state index contributed by atoms with van der Waals surface area (Å²) < 4.78 is 0. The van der Waals surface area contributed by atoms with Gasteiger partial charge < -0.3 is 10.0 Å². The van der Waals surface area contributed by atoms with E-state index in [2.05, 4.69) is 57.0 Å². The molecule has 4 unspecified atom stereocenters. The SMILES string of the molecule is Cc1cccc(CN(C)CC2C(C)CC(C)CC2O)c1. The number of hydrogen-bond donors (Lipinski definition) is 1. The third kappa shape index (κ3) is 4.07. The van der Waals surface area contributed by atoms with Crippen molar-refractivity contribution in [2.45, 2.75) is 46.3 Å². The van der Waals surface area contributed by atoms with Crippen LogP contribution < -0.4 is 0 Å². The lowest BCUT2D eigenvalue weighted by Gasteiger charge is -2.39. The van der Waals surface area contributed by atoms with Gasteiger partial charge in [0.1, 0.15) is 0 Å². The molecule has 1 aromatic rings. The first-order chi connectivity index (χ1) is 9.45. The first kappa shape index (κ1) is 15.5. The quantitative estimate of drug-likeness (QED) is 0.909. The van der Waals surface area contributed by atoms with E-state index < -0.39 is 0 Å². The summed E-state index contributed by atoms with van der Waals surface area (Å²) in [5.41, 5.74) is 2.68. The summed E-state index contributed by atoms with van der Waals surface area (Å²) in [6.45, 7) is 8.64. The van der Waals surface area contributed by atoms with Crippen LogP contribution in [0, 0.1) is 24.7 Å². The first-order valence-corrected chi connectivity index (χ1v) is 7.88. The zero-order valence-electron chi connectivity index (χ0n) is 13.3. The Morgan fingerprint density at radius 2 is 2.00 bits per heavy atom. The molecule has 20 heavy (non-hydrogen) atoms. The molecular weight excluding hydrogens is 246 g/mol. The lowest BCUT2D eigenvalue weighted by molar-refractivity contribution is 0.000594. The molecular formula is C18H29NO. The van der Waals surface area contributed by atoms with Gasteiger partial charge in [-0.15, -0.1) is 0 Å². The van der Waals surface area contributed by atoms with E-state index in [-0.39, 0.29) is 6.10 Å². The van der Waals surface area contributed by atoms with Gasteiger partial charge in [-0.1, -0.05) is 43.7 Å². The highest BCUT2D eigenvalue weighted by Gasteiger charge is 2.33. The van der Waals surface area contributed by atoms with E-state index in [1.54, 1.807) is 0 Å². The van der Waals surface area contributed by atoms with Crippen molar-refractivity contribution in [1.82, 2.24) is 4.90 Å². The maximum atomic E-state index is 10.3. The zero-order chi connectivity index (χ0) is 14.7. The molecule has 0 amide bonds. The molecule has 1 aliphatic rings. The summed E-state index contributed by atoms with van der Waals surface area (Å²) >= 11 is 0. The Kier molecular flexibility index (Phi) is 5.22. The molecule has 0 aliphatic heterocycles. The van der Waals surface area contributed by atoms with Crippen LogP contribution in [0.25, 0.3) is 0 Å². The zero-order valence-corrected chi connectivity index (χ0v) is 13.3.